The summed E-state index contributed by atoms with van der Waals surface area (Å²) in [7, 11) is 2.11. The lowest BCUT2D eigenvalue weighted by atomic mass is 10.1. The van der Waals surface area contributed by atoms with Gasteiger partial charge in [0, 0.05) is 36.4 Å². The number of aryl methyl sites for hydroxylation is 1. The molecule has 3 heteroatoms. The number of hydrogen-bond donors (Lipinski definition) is 1. The summed E-state index contributed by atoms with van der Waals surface area (Å²) in [6.45, 7) is 6.82. The second kappa shape index (κ2) is 7.48. The fraction of sp³-hybridized carbons (Fsp3) is 0.333. The minimum absolute atomic E-state index is 0.795. The molecule has 112 valence electrons. The highest BCUT2D eigenvalue weighted by molar-refractivity contribution is 6.31. The molecule has 0 unspecified atom stereocenters. The van der Waals surface area contributed by atoms with Gasteiger partial charge < -0.3 is 10.2 Å². The van der Waals surface area contributed by atoms with E-state index < -0.39 is 0 Å². The molecule has 0 amide bonds. The first kappa shape index (κ1) is 15.9. The molecule has 0 spiro atoms. The van der Waals surface area contributed by atoms with Crippen molar-refractivity contribution in [3.8, 4) is 0 Å². The van der Waals surface area contributed by atoms with Gasteiger partial charge in [-0.2, -0.15) is 0 Å². The molecule has 0 aliphatic carbocycles. The van der Waals surface area contributed by atoms with E-state index in [9.17, 15) is 0 Å². The smallest absolute Gasteiger partial charge is 0.0471 e. The monoisotopic (exact) mass is 302 g/mol. The summed E-state index contributed by atoms with van der Waals surface area (Å²) < 4.78 is 0. The van der Waals surface area contributed by atoms with E-state index >= 15 is 0 Å². The van der Waals surface area contributed by atoms with Gasteiger partial charge in [-0.25, -0.2) is 0 Å². The molecule has 0 aromatic heterocycles. The second-order valence-corrected chi connectivity index (χ2v) is 5.77. The van der Waals surface area contributed by atoms with Crippen LogP contribution in [0.15, 0.2) is 42.5 Å². The van der Waals surface area contributed by atoms with E-state index in [1.807, 2.05) is 12.1 Å². The molecular weight excluding hydrogens is 280 g/mol. The van der Waals surface area contributed by atoms with Crippen LogP contribution in [0.1, 0.15) is 23.6 Å². The fourth-order valence-electron chi connectivity index (χ4n) is 2.38. The zero-order valence-corrected chi connectivity index (χ0v) is 13.7. The van der Waals surface area contributed by atoms with Crippen molar-refractivity contribution in [3.63, 3.8) is 0 Å². The van der Waals surface area contributed by atoms with Gasteiger partial charge >= 0.3 is 0 Å². The van der Waals surface area contributed by atoms with Crippen LogP contribution in [0.5, 0.6) is 0 Å². The van der Waals surface area contributed by atoms with Crippen LogP contribution in [-0.2, 0) is 13.1 Å². The number of hydrogen-bond acceptors (Lipinski definition) is 2. The van der Waals surface area contributed by atoms with Gasteiger partial charge in [0.1, 0.15) is 0 Å². The Morgan fingerprint density at radius 2 is 1.81 bits per heavy atom. The molecule has 2 aromatic rings. The zero-order chi connectivity index (χ0) is 15.2. The third kappa shape index (κ3) is 4.23. The maximum Gasteiger partial charge on any atom is 0.0471 e. The number of benzene rings is 2. The Bertz CT molecular complexity index is 578. The molecule has 0 heterocycles. The summed E-state index contributed by atoms with van der Waals surface area (Å²) in [4.78, 5) is 2.25. The van der Waals surface area contributed by atoms with E-state index in [1.54, 1.807) is 0 Å². The molecule has 0 atom stereocenters. The maximum atomic E-state index is 6.37. The third-order valence-corrected chi connectivity index (χ3v) is 3.95. The van der Waals surface area contributed by atoms with Crippen molar-refractivity contribution in [1.29, 1.82) is 0 Å². The molecule has 0 bridgehead atoms. The molecule has 1 N–H and O–H groups in total. The van der Waals surface area contributed by atoms with Crippen molar-refractivity contribution in [3.05, 3.63) is 64.2 Å². The summed E-state index contributed by atoms with van der Waals surface area (Å²) >= 11 is 6.37. The highest BCUT2D eigenvalue weighted by atomic mass is 35.5. The summed E-state index contributed by atoms with van der Waals surface area (Å²) in [5.41, 5.74) is 4.94. The van der Waals surface area contributed by atoms with Gasteiger partial charge in [0.05, 0.1) is 0 Å². The van der Waals surface area contributed by atoms with Crippen LogP contribution in [0, 0.1) is 6.92 Å². The van der Waals surface area contributed by atoms with E-state index in [4.69, 9.17) is 11.6 Å². The van der Waals surface area contributed by atoms with Crippen LogP contribution in [0.3, 0.4) is 0 Å². The first-order chi connectivity index (χ1) is 10.1. The topological polar surface area (TPSA) is 15.3 Å². The van der Waals surface area contributed by atoms with Crippen molar-refractivity contribution in [2.24, 2.45) is 0 Å². The largest absolute Gasteiger partial charge is 0.370 e. The van der Waals surface area contributed by atoms with Crippen LogP contribution >= 0.6 is 11.6 Å². The van der Waals surface area contributed by atoms with Crippen molar-refractivity contribution in [2.45, 2.75) is 26.9 Å². The molecule has 0 aliphatic rings. The number of rotatable bonds is 6. The molecule has 0 radical (unpaired) electrons. The number of halogens is 1. The van der Waals surface area contributed by atoms with Gasteiger partial charge in [0.2, 0.25) is 0 Å². The summed E-state index contributed by atoms with van der Waals surface area (Å²) in [5, 5.41) is 4.18. The molecule has 0 saturated heterocycles. The van der Waals surface area contributed by atoms with Gasteiger partial charge in [-0.05, 0) is 31.2 Å². The number of nitrogens with zero attached hydrogens (tertiary/aromatic N) is 1. The molecule has 0 aliphatic heterocycles. The average Bonchev–Trinajstić information content (AvgIpc) is 2.48. The molecular formula is C18H23ClN2. The second-order valence-electron chi connectivity index (χ2n) is 5.36. The van der Waals surface area contributed by atoms with Crippen LogP contribution < -0.4 is 10.2 Å². The fourth-order valence-corrected chi connectivity index (χ4v) is 2.62. The standard InChI is InChI=1S/C18H23ClN2/c1-4-20-12-16-17(19)6-5-7-18(16)21(3)13-15-10-8-14(2)9-11-15/h5-11,20H,4,12-13H2,1-3H3. The molecule has 21 heavy (non-hydrogen) atoms. The van der Waals surface area contributed by atoms with Crippen LogP contribution in [-0.4, -0.2) is 13.6 Å². The van der Waals surface area contributed by atoms with Crippen molar-refractivity contribution in [1.82, 2.24) is 5.32 Å². The summed E-state index contributed by atoms with van der Waals surface area (Å²) in [6.07, 6.45) is 0. The molecule has 2 rings (SSSR count). The highest BCUT2D eigenvalue weighted by Gasteiger charge is 2.11. The van der Waals surface area contributed by atoms with E-state index in [-0.39, 0.29) is 0 Å². The van der Waals surface area contributed by atoms with Crippen LogP contribution in [0.25, 0.3) is 0 Å². The Morgan fingerprint density at radius 1 is 1.10 bits per heavy atom. The molecule has 2 aromatic carbocycles. The SMILES string of the molecule is CCNCc1c(Cl)cccc1N(C)Cc1ccc(C)cc1. The van der Waals surface area contributed by atoms with Crippen LogP contribution in [0.2, 0.25) is 5.02 Å². The number of anilines is 1. The third-order valence-electron chi connectivity index (χ3n) is 3.60. The summed E-state index contributed by atoms with van der Waals surface area (Å²) in [6, 6.07) is 14.8. The quantitative estimate of drug-likeness (QED) is 0.851. The lowest BCUT2D eigenvalue weighted by molar-refractivity contribution is 0.723. The Balaban J connectivity index is 2.19. The van der Waals surface area contributed by atoms with Gasteiger partial charge in [0.15, 0.2) is 0 Å². The van der Waals surface area contributed by atoms with E-state index in [0.717, 1.165) is 30.2 Å². The Kier molecular flexibility index (Phi) is 5.66. The predicted octanol–water partition coefficient (Wildman–Crippen LogP) is 4.39. The normalized spacial score (nSPS) is 10.7. The Labute approximate surface area is 132 Å². The average molecular weight is 303 g/mol. The van der Waals surface area contributed by atoms with Gasteiger partial charge in [0.25, 0.3) is 0 Å². The minimum Gasteiger partial charge on any atom is -0.370 e. The number of nitrogens with one attached hydrogen (secondary N) is 1. The van der Waals surface area contributed by atoms with E-state index in [0.29, 0.717) is 0 Å². The molecule has 0 saturated carbocycles. The van der Waals surface area contributed by atoms with Crippen molar-refractivity contribution >= 4 is 17.3 Å². The Hall–Kier alpha value is -1.51. The van der Waals surface area contributed by atoms with E-state index in [1.165, 1.54) is 16.8 Å². The molecule has 2 nitrogen and oxygen atoms in total. The lowest BCUT2D eigenvalue weighted by Crippen LogP contribution is -2.21. The predicted molar refractivity (Wildman–Crippen MR) is 92.1 cm³/mol. The first-order valence-corrected chi connectivity index (χ1v) is 7.74. The Morgan fingerprint density at radius 3 is 2.48 bits per heavy atom. The first-order valence-electron chi connectivity index (χ1n) is 7.36. The maximum absolute atomic E-state index is 6.37. The van der Waals surface area contributed by atoms with E-state index in [2.05, 4.69) is 61.4 Å². The van der Waals surface area contributed by atoms with Crippen molar-refractivity contribution < 1.29 is 0 Å². The van der Waals surface area contributed by atoms with Gasteiger partial charge in [-0.3, -0.25) is 0 Å². The molecule has 0 fully saturated rings. The van der Waals surface area contributed by atoms with Crippen LogP contribution in [0.4, 0.5) is 5.69 Å². The van der Waals surface area contributed by atoms with Gasteiger partial charge in [-0.15, -0.1) is 0 Å². The highest BCUT2D eigenvalue weighted by Crippen LogP contribution is 2.27. The van der Waals surface area contributed by atoms with Crippen molar-refractivity contribution in [2.75, 3.05) is 18.5 Å². The van der Waals surface area contributed by atoms with Gasteiger partial charge in [-0.1, -0.05) is 54.4 Å². The summed E-state index contributed by atoms with van der Waals surface area (Å²) in [5.74, 6) is 0. The minimum atomic E-state index is 0.795. The lowest BCUT2D eigenvalue weighted by Gasteiger charge is -2.23. The zero-order valence-electron chi connectivity index (χ0n) is 13.0.